The molecule has 1 aromatic heterocycles. The van der Waals surface area contributed by atoms with Gasteiger partial charge in [-0.25, -0.2) is 0 Å². The second-order valence-electron chi connectivity index (χ2n) is 2.90. The van der Waals surface area contributed by atoms with Crippen LogP contribution >= 0.6 is 0 Å². The maximum atomic E-state index is 3.19. The number of aromatic amines is 1. The highest BCUT2D eigenvalue weighted by molar-refractivity contribution is 5.63. The molecule has 1 N–H and O–H groups in total. The van der Waals surface area contributed by atoms with Crippen LogP contribution in [0.3, 0.4) is 0 Å². The summed E-state index contributed by atoms with van der Waals surface area (Å²) in [6.07, 6.45) is 1.95. The number of hydrogen-bond acceptors (Lipinski definition) is 0. The first-order valence-corrected chi connectivity index (χ1v) is 6.07. The first kappa shape index (κ1) is 14.5. The van der Waals surface area contributed by atoms with E-state index in [0.29, 0.717) is 0 Å². The predicted octanol–water partition coefficient (Wildman–Crippen LogP) is 5.04. The smallest absolute Gasteiger partial charge is 0.0456 e. The van der Waals surface area contributed by atoms with E-state index in [9.17, 15) is 0 Å². The Morgan fingerprint density at radius 2 is 1.44 bits per heavy atom. The monoisotopic (exact) mass is 217 g/mol. The van der Waals surface area contributed by atoms with Gasteiger partial charge in [0.05, 0.1) is 0 Å². The minimum Gasteiger partial charge on any atom is -0.361 e. The standard InChI is InChI=1S/C11H11N.2C2H6/c1-9-5-2-3-6-10(9)11-7-4-8-12-11;2*1-2/h2-8,12H,1H3;2*1-2H3. The van der Waals surface area contributed by atoms with Gasteiger partial charge in [0.2, 0.25) is 0 Å². The molecular weight excluding hydrogens is 194 g/mol. The van der Waals surface area contributed by atoms with Crippen LogP contribution in [0.15, 0.2) is 42.6 Å². The van der Waals surface area contributed by atoms with E-state index >= 15 is 0 Å². The van der Waals surface area contributed by atoms with E-state index in [1.165, 1.54) is 16.8 Å². The Morgan fingerprint density at radius 1 is 0.812 bits per heavy atom. The minimum absolute atomic E-state index is 1.19. The van der Waals surface area contributed by atoms with Crippen LogP contribution in [0.25, 0.3) is 11.3 Å². The van der Waals surface area contributed by atoms with Crippen molar-refractivity contribution >= 4 is 0 Å². The van der Waals surface area contributed by atoms with Gasteiger partial charge in [0.15, 0.2) is 0 Å². The summed E-state index contributed by atoms with van der Waals surface area (Å²) in [5, 5.41) is 0. The Balaban J connectivity index is 0.000000509. The Morgan fingerprint density at radius 3 is 1.94 bits per heavy atom. The summed E-state index contributed by atoms with van der Waals surface area (Å²) in [5.74, 6) is 0. The maximum absolute atomic E-state index is 3.19. The number of benzene rings is 1. The zero-order chi connectivity index (χ0) is 12.4. The number of aryl methyl sites for hydroxylation is 1. The van der Waals surface area contributed by atoms with Crippen molar-refractivity contribution in [2.45, 2.75) is 34.6 Å². The van der Waals surface area contributed by atoms with Crippen LogP contribution in [0.1, 0.15) is 33.3 Å². The average molecular weight is 217 g/mol. The lowest BCUT2D eigenvalue weighted by atomic mass is 10.1. The molecule has 88 valence electrons. The molecule has 0 saturated heterocycles. The topological polar surface area (TPSA) is 15.8 Å². The van der Waals surface area contributed by atoms with Crippen molar-refractivity contribution in [2.75, 3.05) is 0 Å². The van der Waals surface area contributed by atoms with Gasteiger partial charge in [-0.1, -0.05) is 52.0 Å². The second kappa shape index (κ2) is 8.78. The lowest BCUT2D eigenvalue weighted by Gasteiger charge is -2.01. The molecule has 2 aromatic rings. The van der Waals surface area contributed by atoms with Crippen molar-refractivity contribution in [2.24, 2.45) is 0 Å². The van der Waals surface area contributed by atoms with Crippen LogP contribution < -0.4 is 0 Å². The molecule has 1 heteroatoms. The van der Waals surface area contributed by atoms with Crippen molar-refractivity contribution in [1.29, 1.82) is 0 Å². The Hall–Kier alpha value is -1.50. The largest absolute Gasteiger partial charge is 0.361 e. The fraction of sp³-hybridized carbons (Fsp3) is 0.333. The number of H-pyrrole nitrogens is 1. The van der Waals surface area contributed by atoms with E-state index in [2.05, 4.69) is 42.2 Å². The van der Waals surface area contributed by atoms with Crippen LogP contribution in [-0.2, 0) is 0 Å². The highest BCUT2D eigenvalue weighted by atomic mass is 14.7. The van der Waals surface area contributed by atoms with E-state index in [1.807, 2.05) is 40.0 Å². The molecule has 0 radical (unpaired) electrons. The van der Waals surface area contributed by atoms with Gasteiger partial charge in [-0.2, -0.15) is 0 Å². The van der Waals surface area contributed by atoms with Gasteiger partial charge in [-0.05, 0) is 24.6 Å². The molecule has 0 atom stereocenters. The number of hydrogen-bond donors (Lipinski definition) is 1. The molecule has 0 saturated carbocycles. The Labute approximate surface area is 99.5 Å². The lowest BCUT2D eigenvalue weighted by Crippen LogP contribution is -1.80. The lowest BCUT2D eigenvalue weighted by molar-refractivity contribution is 1.37. The third-order valence-corrected chi connectivity index (χ3v) is 2.03. The van der Waals surface area contributed by atoms with E-state index in [0.717, 1.165) is 0 Å². The molecular formula is C15H23N. The first-order valence-electron chi connectivity index (χ1n) is 6.07. The van der Waals surface area contributed by atoms with Crippen molar-refractivity contribution < 1.29 is 0 Å². The summed E-state index contributed by atoms with van der Waals surface area (Å²) >= 11 is 0. The molecule has 0 aliphatic rings. The summed E-state index contributed by atoms with van der Waals surface area (Å²) in [4.78, 5) is 3.19. The fourth-order valence-electron chi connectivity index (χ4n) is 1.37. The molecule has 0 aliphatic heterocycles. The number of rotatable bonds is 1. The summed E-state index contributed by atoms with van der Waals surface area (Å²) in [6.45, 7) is 10.1. The first-order chi connectivity index (χ1) is 7.88. The zero-order valence-electron chi connectivity index (χ0n) is 11.0. The van der Waals surface area contributed by atoms with Gasteiger partial charge in [-0.15, -0.1) is 0 Å². The van der Waals surface area contributed by atoms with Gasteiger partial charge in [-0.3, -0.25) is 0 Å². The average Bonchev–Trinajstić information content (AvgIpc) is 2.88. The third-order valence-electron chi connectivity index (χ3n) is 2.03. The van der Waals surface area contributed by atoms with E-state index in [1.54, 1.807) is 0 Å². The van der Waals surface area contributed by atoms with E-state index in [4.69, 9.17) is 0 Å². The number of aromatic nitrogens is 1. The maximum Gasteiger partial charge on any atom is 0.0456 e. The van der Waals surface area contributed by atoms with Gasteiger partial charge < -0.3 is 4.98 Å². The van der Waals surface area contributed by atoms with Crippen LogP contribution in [-0.4, -0.2) is 4.98 Å². The molecule has 0 bridgehead atoms. The predicted molar refractivity (Wildman–Crippen MR) is 73.7 cm³/mol. The molecule has 16 heavy (non-hydrogen) atoms. The third kappa shape index (κ3) is 3.93. The summed E-state index contributed by atoms with van der Waals surface area (Å²) in [6, 6.07) is 12.5. The summed E-state index contributed by atoms with van der Waals surface area (Å²) < 4.78 is 0. The zero-order valence-corrected chi connectivity index (χ0v) is 11.0. The van der Waals surface area contributed by atoms with Gasteiger partial charge in [0, 0.05) is 17.5 Å². The molecule has 0 unspecified atom stereocenters. The highest BCUT2D eigenvalue weighted by Gasteiger charge is 1.98. The Kier molecular flexibility index (Phi) is 7.96. The fourth-order valence-corrected chi connectivity index (χ4v) is 1.37. The van der Waals surface area contributed by atoms with Crippen LogP contribution in [0, 0.1) is 6.92 Å². The van der Waals surface area contributed by atoms with Crippen molar-refractivity contribution in [1.82, 2.24) is 4.98 Å². The molecule has 0 amide bonds. The van der Waals surface area contributed by atoms with Gasteiger partial charge in [0.25, 0.3) is 0 Å². The molecule has 2 rings (SSSR count). The van der Waals surface area contributed by atoms with Crippen molar-refractivity contribution in [3.05, 3.63) is 48.2 Å². The minimum atomic E-state index is 1.19. The second-order valence-corrected chi connectivity index (χ2v) is 2.90. The van der Waals surface area contributed by atoms with Gasteiger partial charge >= 0.3 is 0 Å². The summed E-state index contributed by atoms with van der Waals surface area (Å²) in [7, 11) is 0. The molecule has 1 aromatic carbocycles. The van der Waals surface area contributed by atoms with Crippen molar-refractivity contribution in [3.8, 4) is 11.3 Å². The SMILES string of the molecule is CC.CC.Cc1ccccc1-c1ccc[nH]1. The van der Waals surface area contributed by atoms with Crippen LogP contribution in [0.4, 0.5) is 0 Å². The molecule has 0 aliphatic carbocycles. The summed E-state index contributed by atoms with van der Waals surface area (Å²) in [5.41, 5.74) is 3.77. The van der Waals surface area contributed by atoms with Crippen LogP contribution in [0.2, 0.25) is 0 Å². The van der Waals surface area contributed by atoms with E-state index < -0.39 is 0 Å². The molecule has 0 fully saturated rings. The molecule has 1 nitrogen and oxygen atoms in total. The highest BCUT2D eigenvalue weighted by Crippen LogP contribution is 2.20. The van der Waals surface area contributed by atoms with E-state index in [-0.39, 0.29) is 0 Å². The Bertz CT molecular complexity index is 361. The number of nitrogens with one attached hydrogen (secondary N) is 1. The van der Waals surface area contributed by atoms with Crippen molar-refractivity contribution in [3.63, 3.8) is 0 Å². The van der Waals surface area contributed by atoms with Crippen LogP contribution in [0.5, 0.6) is 0 Å². The van der Waals surface area contributed by atoms with Gasteiger partial charge in [0.1, 0.15) is 0 Å². The quantitative estimate of drug-likeness (QED) is 0.688. The normalized spacial score (nSPS) is 8.31. The molecule has 0 spiro atoms. The molecule has 1 heterocycles.